The van der Waals surface area contributed by atoms with Gasteiger partial charge in [0.1, 0.15) is 11.5 Å². The minimum atomic E-state index is -1.47. The number of rotatable bonds is 17. The number of hydrogen-bond donors (Lipinski definition) is 13. The van der Waals surface area contributed by atoms with Crippen LogP contribution in [0.1, 0.15) is 67.6 Å². The van der Waals surface area contributed by atoms with E-state index in [-0.39, 0.29) is 150 Å². The Kier molecular flexibility index (Phi) is 29.0. The molecular weight excluding hydrogens is 1220 g/mol. The van der Waals surface area contributed by atoms with E-state index in [1.54, 1.807) is 6.08 Å². The van der Waals surface area contributed by atoms with Gasteiger partial charge in [0, 0.05) is 141 Å². The maximum absolute atomic E-state index is 13.9. The van der Waals surface area contributed by atoms with Gasteiger partial charge in [-0.1, -0.05) is 48.6 Å². The summed E-state index contributed by atoms with van der Waals surface area (Å²) in [6, 6.07) is 8.17. The molecule has 29 heteroatoms. The Morgan fingerprint density at radius 1 is 0.685 bits per heavy atom. The minimum absolute atomic E-state index is 0.0159. The fourth-order valence-electron chi connectivity index (χ4n) is 10.8. The Morgan fingerprint density at radius 2 is 1.22 bits per heavy atom. The largest absolute Gasteiger partial charge is 0.506 e. The summed E-state index contributed by atoms with van der Waals surface area (Å²) in [5.41, 5.74) is 0.389. The molecule has 3 heterocycles. The number of nitrogens with zero attached hydrogens (tertiary/aromatic N) is 4. The molecule has 8 bridgehead atoms. The van der Waals surface area contributed by atoms with Crippen LogP contribution in [0.2, 0.25) is 0 Å². The van der Waals surface area contributed by atoms with E-state index in [1.165, 1.54) is 54.6 Å². The Morgan fingerprint density at radius 3 is 1.77 bits per heavy atom. The van der Waals surface area contributed by atoms with Crippen LogP contribution in [0.3, 0.4) is 0 Å². The van der Waals surface area contributed by atoms with Gasteiger partial charge in [0.05, 0.1) is 77.5 Å². The second-order valence-corrected chi connectivity index (χ2v) is 22.9. The van der Waals surface area contributed by atoms with Crippen LogP contribution in [0.4, 0.5) is 0 Å². The fourth-order valence-corrected chi connectivity index (χ4v) is 11.2. The van der Waals surface area contributed by atoms with E-state index in [0.717, 1.165) is 5.70 Å². The van der Waals surface area contributed by atoms with Crippen LogP contribution in [0.25, 0.3) is 0 Å². The van der Waals surface area contributed by atoms with Crippen molar-refractivity contribution in [3.8, 4) is 11.5 Å². The SMILES string of the molecule is CC(NCCN1CCNC(=O)c2cccc(c2O)C(=O)NCCN2CCNC(=O)C3=CC=CC(C(=O)NCCN(CCNC(=O)c4cccc(c4O)C(=O)NCC2)CC1)C3O)C1CCC=C(C(=O)NCCOCCOCCNC(=S)NC2=CCC(N=C=S)C=C2)C1=O. The van der Waals surface area contributed by atoms with Crippen molar-refractivity contribution >= 4 is 81.8 Å². The lowest BCUT2D eigenvalue weighted by Crippen LogP contribution is -2.48. The number of allylic oxidation sites excluding steroid dienone is 4. The number of phenols is 2. The Hall–Kier alpha value is -8.09. The van der Waals surface area contributed by atoms with E-state index >= 15 is 0 Å². The third-order valence-corrected chi connectivity index (χ3v) is 16.4. The van der Waals surface area contributed by atoms with Crippen molar-refractivity contribution in [1.29, 1.82) is 0 Å². The topological polar surface area (TPSA) is 358 Å². The molecule has 0 saturated carbocycles. The monoisotopic (exact) mass is 1310 g/mol. The first-order valence-electron chi connectivity index (χ1n) is 31.0. The number of thiocarbonyl (C=S) groups is 2. The Labute approximate surface area is 545 Å². The van der Waals surface area contributed by atoms with E-state index in [1.807, 2.05) is 35.0 Å². The molecule has 7 unspecified atom stereocenters. The number of aliphatic hydroxyl groups excluding tert-OH is 1. The molecular formula is C63H84N14O13S2. The first kappa shape index (κ1) is 71.4. The van der Waals surface area contributed by atoms with Crippen LogP contribution in [0, 0.1) is 11.8 Å². The molecule has 92 heavy (non-hydrogen) atoms. The average molecular weight is 1310 g/mol. The van der Waals surface area contributed by atoms with Crippen molar-refractivity contribution in [2.45, 2.75) is 44.4 Å². The number of isothiocyanates is 1. The second kappa shape index (κ2) is 37.4. The molecule has 8 rings (SSSR count). The number of amides is 7. The number of carbonyl (C=O) groups excluding carboxylic acids is 8. The summed E-state index contributed by atoms with van der Waals surface area (Å²) in [5, 5.41) is 66.2. The van der Waals surface area contributed by atoms with Gasteiger partial charge in [-0.3, -0.25) is 53.1 Å². The predicted octanol–water partition coefficient (Wildman–Crippen LogP) is -0.832. The van der Waals surface area contributed by atoms with Crippen molar-refractivity contribution in [3.63, 3.8) is 0 Å². The van der Waals surface area contributed by atoms with Crippen molar-refractivity contribution in [3.05, 3.63) is 118 Å². The van der Waals surface area contributed by atoms with Gasteiger partial charge < -0.3 is 78.0 Å². The summed E-state index contributed by atoms with van der Waals surface area (Å²) in [6.07, 6.45) is 12.2. The van der Waals surface area contributed by atoms with Gasteiger partial charge in [-0.25, -0.2) is 4.99 Å². The molecule has 0 spiro atoms. The number of nitrogens with one attached hydrogen (secondary N) is 10. The number of phenolic OH excluding ortho intramolecular Hbond substituents is 2. The van der Waals surface area contributed by atoms with E-state index in [9.17, 15) is 53.7 Å². The number of ketones is 1. The molecule has 0 fully saturated rings. The number of hydrogen-bond acceptors (Lipinski definition) is 20. The Balaban J connectivity index is 0.977. The molecule has 3 aliphatic heterocycles. The van der Waals surface area contributed by atoms with Gasteiger partial charge in [-0.15, -0.1) is 0 Å². The minimum Gasteiger partial charge on any atom is -0.506 e. The van der Waals surface area contributed by atoms with Crippen LogP contribution >= 0.6 is 24.4 Å². The fraction of sp³-hybridized carbons (Fsp3) is 0.492. The number of fused-ring (bicyclic) bond motifs is 21. The van der Waals surface area contributed by atoms with Crippen LogP contribution in [0.5, 0.6) is 11.5 Å². The van der Waals surface area contributed by atoms with Gasteiger partial charge in [0.15, 0.2) is 10.9 Å². The molecule has 0 aromatic heterocycles. The van der Waals surface area contributed by atoms with Crippen molar-refractivity contribution in [1.82, 2.24) is 67.9 Å². The molecule has 7 atom stereocenters. The zero-order valence-corrected chi connectivity index (χ0v) is 53.2. The molecule has 7 amide bonds. The van der Waals surface area contributed by atoms with Crippen molar-refractivity contribution < 1.29 is 63.1 Å². The lowest BCUT2D eigenvalue weighted by atomic mass is 9.82. The van der Waals surface area contributed by atoms with Crippen molar-refractivity contribution in [2.75, 3.05) is 144 Å². The molecule has 2 aromatic rings. The third kappa shape index (κ3) is 21.8. The zero-order chi connectivity index (χ0) is 65.8. The van der Waals surface area contributed by atoms with Crippen LogP contribution < -0.4 is 53.2 Å². The van der Waals surface area contributed by atoms with E-state index in [4.69, 9.17) is 21.7 Å². The lowest BCUT2D eigenvalue weighted by Gasteiger charge is -2.30. The number of aromatic hydroxyl groups is 2. The first-order chi connectivity index (χ1) is 44.5. The first-order valence-corrected chi connectivity index (χ1v) is 31.8. The van der Waals surface area contributed by atoms with E-state index < -0.39 is 70.8 Å². The highest BCUT2D eigenvalue weighted by Gasteiger charge is 2.34. The maximum atomic E-state index is 13.9. The maximum Gasteiger partial charge on any atom is 0.255 e. The summed E-state index contributed by atoms with van der Waals surface area (Å²) in [6.45, 7) is 6.84. The van der Waals surface area contributed by atoms with Crippen LogP contribution in [0.15, 0.2) is 101 Å². The summed E-state index contributed by atoms with van der Waals surface area (Å²) >= 11 is 10.0. The Bertz CT molecular complexity index is 3190. The molecule has 13 N–H and O–H groups in total. The van der Waals surface area contributed by atoms with Gasteiger partial charge >= 0.3 is 0 Å². The summed E-state index contributed by atoms with van der Waals surface area (Å²) in [4.78, 5) is 119. The van der Waals surface area contributed by atoms with E-state index in [2.05, 4.69) is 80.4 Å². The smallest absolute Gasteiger partial charge is 0.255 e. The number of carbonyl (C=O) groups is 8. The summed E-state index contributed by atoms with van der Waals surface area (Å²) < 4.78 is 11.3. The molecule has 6 aliphatic rings. The predicted molar refractivity (Wildman–Crippen MR) is 350 cm³/mol. The average Bonchev–Trinajstić information content (AvgIpc) is 0.944. The number of ether oxygens (including phenoxy) is 2. The molecule has 3 aliphatic carbocycles. The van der Waals surface area contributed by atoms with Gasteiger partial charge in [0.2, 0.25) is 11.8 Å². The molecule has 0 saturated heterocycles. The molecule has 2 aromatic carbocycles. The number of aliphatic hydroxyl groups is 1. The highest BCUT2D eigenvalue weighted by molar-refractivity contribution is 7.80. The standard InChI is InChI=1S/C63H84N14O13S2/c1-41(44-6-2-7-45(52(44)78)62(88)71-25-36-89-38-39-90-37-26-72-63(92)74-43-16-14-42(15-17-43)73-40-91)64-18-27-76-31-22-68-59(85)49-11-3-8-46(53(49)79)56(82)65-19-28-75-29-20-66-57(83)47-9-4-12-50(54(47)80)60(86)69-23-32-77(35-34-76)33-24-70-61(87)51-13-5-10-48(55(51)81)58(84)67-21-30-75/h3-5,7-14,16-17,41-42,44,50,54,64,79-81H,2,6,15,18-39H2,1H3,(H,65,82)(H,66,83)(H,67,84)(H,68,85)(H,69,86)(H,70,87)(H,71,88)(H2,72,74,92). The second-order valence-electron chi connectivity index (χ2n) is 22.3. The molecule has 27 nitrogen and oxygen atoms in total. The van der Waals surface area contributed by atoms with Gasteiger partial charge in [-0.2, -0.15) is 0 Å². The third-order valence-electron chi connectivity index (χ3n) is 16.1. The molecule has 0 radical (unpaired) electrons. The molecule has 496 valence electrons. The number of aliphatic imine (C=N–C) groups is 1. The van der Waals surface area contributed by atoms with Crippen LogP contribution in [-0.4, -0.2) is 250 Å². The number of Topliss-reactive ketones (excluding diaryl/α,β-unsaturated/α-hetero) is 1. The quantitative estimate of drug-likeness (QED) is 0.0398. The van der Waals surface area contributed by atoms with Crippen molar-refractivity contribution in [2.24, 2.45) is 16.8 Å². The number of benzene rings is 2. The lowest BCUT2D eigenvalue weighted by molar-refractivity contribution is -0.127. The number of para-hydroxylation sites is 2. The van der Waals surface area contributed by atoms with Gasteiger partial charge in [0.25, 0.3) is 29.5 Å². The zero-order valence-electron chi connectivity index (χ0n) is 51.6. The summed E-state index contributed by atoms with van der Waals surface area (Å²) in [5.74, 6) is -7.14. The van der Waals surface area contributed by atoms with E-state index in [0.29, 0.717) is 70.3 Å². The van der Waals surface area contributed by atoms with Gasteiger partial charge in [-0.05, 0) is 81.0 Å². The summed E-state index contributed by atoms with van der Waals surface area (Å²) in [7, 11) is 0. The normalized spacial score (nSPS) is 23.1. The van der Waals surface area contributed by atoms with Crippen LogP contribution in [-0.2, 0) is 28.7 Å². The highest BCUT2D eigenvalue weighted by atomic mass is 32.1. The highest BCUT2D eigenvalue weighted by Crippen LogP contribution is 2.26.